The number of nitrogens with zero attached hydrogens (tertiary/aromatic N) is 1. The lowest BCUT2D eigenvalue weighted by Crippen LogP contribution is -2.14. The molecule has 26 heavy (non-hydrogen) atoms. The molecule has 1 aromatic carbocycles. The lowest BCUT2D eigenvalue weighted by atomic mass is 10.1. The third-order valence-electron chi connectivity index (χ3n) is 4.00. The van der Waals surface area contributed by atoms with Gasteiger partial charge in [0.2, 0.25) is 5.78 Å². The molecule has 0 spiro atoms. The number of esters is 1. The van der Waals surface area contributed by atoms with E-state index in [1.54, 1.807) is 13.2 Å². The monoisotopic (exact) mass is 419 g/mol. The first-order valence-corrected chi connectivity index (χ1v) is 9.01. The lowest BCUT2D eigenvalue weighted by Gasteiger charge is -2.08. The van der Waals surface area contributed by atoms with E-state index in [1.807, 2.05) is 48.7 Å². The first-order chi connectivity index (χ1) is 12.4. The maximum Gasteiger partial charge on any atom is 0.331 e. The number of aromatic nitrogens is 1. The standard InChI is InChI=1S/C20H22BrNO4/c1-14-11-18(15(2)22(14)9-10-25-3)19(23)13-26-20(24)8-7-16-5-4-6-17(21)12-16/h4-8,11-12H,9-10,13H2,1-3H3. The number of halogens is 1. The van der Waals surface area contributed by atoms with E-state index < -0.39 is 5.97 Å². The summed E-state index contributed by atoms with van der Waals surface area (Å²) in [7, 11) is 1.64. The van der Waals surface area contributed by atoms with Crippen molar-refractivity contribution in [3.8, 4) is 0 Å². The Kier molecular flexibility index (Phi) is 7.36. The number of carbonyl (C=O) groups excluding carboxylic acids is 2. The molecule has 1 heterocycles. The second kappa shape index (κ2) is 9.50. The van der Waals surface area contributed by atoms with Crippen molar-refractivity contribution in [3.63, 3.8) is 0 Å². The highest BCUT2D eigenvalue weighted by atomic mass is 79.9. The van der Waals surface area contributed by atoms with Crippen LogP contribution in [0.15, 0.2) is 40.9 Å². The van der Waals surface area contributed by atoms with Gasteiger partial charge in [-0.3, -0.25) is 4.79 Å². The fourth-order valence-electron chi connectivity index (χ4n) is 2.65. The number of aryl methyl sites for hydroxylation is 1. The fraction of sp³-hybridized carbons (Fsp3) is 0.300. The van der Waals surface area contributed by atoms with Crippen molar-refractivity contribution in [1.82, 2.24) is 4.57 Å². The van der Waals surface area contributed by atoms with Crippen molar-refractivity contribution in [1.29, 1.82) is 0 Å². The Morgan fingerprint density at radius 2 is 2.00 bits per heavy atom. The molecule has 6 heteroatoms. The molecule has 0 radical (unpaired) electrons. The minimum atomic E-state index is -0.550. The van der Waals surface area contributed by atoms with E-state index in [1.165, 1.54) is 6.08 Å². The third-order valence-corrected chi connectivity index (χ3v) is 4.49. The molecule has 0 atom stereocenters. The molecule has 0 bridgehead atoms. The summed E-state index contributed by atoms with van der Waals surface area (Å²) in [4.78, 5) is 24.2. The van der Waals surface area contributed by atoms with Crippen LogP contribution < -0.4 is 0 Å². The van der Waals surface area contributed by atoms with Crippen LogP contribution in [-0.4, -0.2) is 36.6 Å². The molecule has 138 valence electrons. The number of hydrogen-bond acceptors (Lipinski definition) is 4. The maximum atomic E-state index is 12.4. The zero-order valence-corrected chi connectivity index (χ0v) is 16.7. The number of ether oxygens (including phenoxy) is 2. The molecule has 5 nitrogen and oxygen atoms in total. The number of hydrogen-bond donors (Lipinski definition) is 0. The minimum Gasteiger partial charge on any atom is -0.454 e. The zero-order valence-electron chi connectivity index (χ0n) is 15.1. The van der Waals surface area contributed by atoms with Gasteiger partial charge in [-0.05, 0) is 43.7 Å². The van der Waals surface area contributed by atoms with Crippen molar-refractivity contribution in [2.75, 3.05) is 20.3 Å². The molecule has 0 unspecified atom stereocenters. The Labute approximate surface area is 161 Å². The van der Waals surface area contributed by atoms with Gasteiger partial charge in [0.25, 0.3) is 0 Å². The van der Waals surface area contributed by atoms with Crippen molar-refractivity contribution < 1.29 is 19.1 Å². The number of methoxy groups -OCH3 is 1. The van der Waals surface area contributed by atoms with Crippen LogP contribution in [0.3, 0.4) is 0 Å². The zero-order chi connectivity index (χ0) is 19.1. The second-order valence-electron chi connectivity index (χ2n) is 5.85. The van der Waals surface area contributed by atoms with Gasteiger partial charge in [-0.2, -0.15) is 0 Å². The van der Waals surface area contributed by atoms with Gasteiger partial charge in [-0.1, -0.05) is 28.1 Å². The molecule has 0 fully saturated rings. The molecule has 0 amide bonds. The van der Waals surface area contributed by atoms with Gasteiger partial charge in [-0.25, -0.2) is 4.79 Å². The van der Waals surface area contributed by atoms with Gasteiger partial charge in [0.15, 0.2) is 6.61 Å². The Balaban J connectivity index is 1.95. The molecular formula is C20H22BrNO4. The van der Waals surface area contributed by atoms with E-state index in [9.17, 15) is 9.59 Å². The number of rotatable bonds is 8. The molecule has 0 aliphatic carbocycles. The Morgan fingerprint density at radius 1 is 1.23 bits per heavy atom. The molecular weight excluding hydrogens is 398 g/mol. The van der Waals surface area contributed by atoms with Crippen molar-refractivity contribution in [3.05, 3.63) is 63.4 Å². The van der Waals surface area contributed by atoms with Crippen LogP contribution in [0.25, 0.3) is 6.08 Å². The molecule has 1 aromatic heterocycles. The molecule has 0 saturated heterocycles. The average Bonchev–Trinajstić information content (AvgIpc) is 2.90. The predicted molar refractivity (Wildman–Crippen MR) is 104 cm³/mol. The summed E-state index contributed by atoms with van der Waals surface area (Å²) in [5, 5.41) is 0. The van der Waals surface area contributed by atoms with Crippen LogP contribution >= 0.6 is 15.9 Å². The number of Topliss-reactive ketones (excluding diaryl/α,β-unsaturated/α-hetero) is 1. The van der Waals surface area contributed by atoms with Crippen LogP contribution in [-0.2, 0) is 20.8 Å². The van der Waals surface area contributed by atoms with Crippen molar-refractivity contribution >= 4 is 33.8 Å². The summed E-state index contributed by atoms with van der Waals surface area (Å²) in [5.74, 6) is -0.766. The number of ketones is 1. The summed E-state index contributed by atoms with van der Waals surface area (Å²) in [6, 6.07) is 9.34. The lowest BCUT2D eigenvalue weighted by molar-refractivity contribution is -0.136. The number of carbonyl (C=O) groups is 2. The van der Waals surface area contributed by atoms with Gasteiger partial charge in [0.05, 0.1) is 6.61 Å². The van der Waals surface area contributed by atoms with Gasteiger partial charge < -0.3 is 14.0 Å². The SMILES string of the molecule is COCCn1c(C)cc(C(=O)COC(=O)C=Cc2cccc(Br)c2)c1C. The van der Waals surface area contributed by atoms with Gasteiger partial charge in [-0.15, -0.1) is 0 Å². The summed E-state index contributed by atoms with van der Waals surface area (Å²) in [6.07, 6.45) is 2.96. The Morgan fingerprint density at radius 3 is 2.69 bits per heavy atom. The first kappa shape index (κ1) is 20.1. The summed E-state index contributed by atoms with van der Waals surface area (Å²) in [5.41, 5.74) is 3.26. The van der Waals surface area contributed by atoms with Crippen LogP contribution in [0.2, 0.25) is 0 Å². The van der Waals surface area contributed by atoms with Crippen LogP contribution in [0.5, 0.6) is 0 Å². The first-order valence-electron chi connectivity index (χ1n) is 8.21. The van der Waals surface area contributed by atoms with Crippen LogP contribution in [0.1, 0.15) is 27.3 Å². The summed E-state index contributed by atoms with van der Waals surface area (Å²) >= 11 is 3.37. The molecule has 0 saturated carbocycles. The van der Waals surface area contributed by atoms with E-state index in [4.69, 9.17) is 9.47 Å². The topological polar surface area (TPSA) is 57.5 Å². The summed E-state index contributed by atoms with van der Waals surface area (Å²) < 4.78 is 13.1. The average molecular weight is 420 g/mol. The molecule has 0 aliphatic heterocycles. The third kappa shape index (κ3) is 5.41. The van der Waals surface area contributed by atoms with Crippen molar-refractivity contribution in [2.45, 2.75) is 20.4 Å². The molecule has 2 aromatic rings. The van der Waals surface area contributed by atoms with E-state index in [2.05, 4.69) is 15.9 Å². The molecule has 0 N–H and O–H groups in total. The van der Waals surface area contributed by atoms with Gasteiger partial charge in [0, 0.05) is 41.2 Å². The maximum absolute atomic E-state index is 12.4. The highest BCUT2D eigenvalue weighted by Crippen LogP contribution is 2.16. The largest absolute Gasteiger partial charge is 0.454 e. The second-order valence-corrected chi connectivity index (χ2v) is 6.76. The quantitative estimate of drug-likeness (QED) is 0.369. The highest BCUT2D eigenvalue weighted by molar-refractivity contribution is 9.10. The van der Waals surface area contributed by atoms with E-state index in [0.717, 1.165) is 21.4 Å². The number of benzene rings is 1. The normalized spacial score (nSPS) is 11.1. The smallest absolute Gasteiger partial charge is 0.331 e. The van der Waals surface area contributed by atoms with E-state index in [0.29, 0.717) is 18.7 Å². The fourth-order valence-corrected chi connectivity index (χ4v) is 3.06. The van der Waals surface area contributed by atoms with E-state index >= 15 is 0 Å². The van der Waals surface area contributed by atoms with Gasteiger partial charge in [0.1, 0.15) is 0 Å². The highest BCUT2D eigenvalue weighted by Gasteiger charge is 2.16. The summed E-state index contributed by atoms with van der Waals surface area (Å²) in [6.45, 7) is 4.78. The van der Waals surface area contributed by atoms with Crippen LogP contribution in [0, 0.1) is 13.8 Å². The van der Waals surface area contributed by atoms with Gasteiger partial charge >= 0.3 is 5.97 Å². The molecule has 0 aliphatic rings. The van der Waals surface area contributed by atoms with Crippen LogP contribution in [0.4, 0.5) is 0 Å². The van der Waals surface area contributed by atoms with E-state index in [-0.39, 0.29) is 12.4 Å². The Bertz CT molecular complexity index is 823. The minimum absolute atomic E-state index is 0.217. The molecule has 2 rings (SSSR count). The van der Waals surface area contributed by atoms with Crippen molar-refractivity contribution in [2.24, 2.45) is 0 Å². The Hall–Kier alpha value is -2.18. The predicted octanol–water partition coefficient (Wildman–Crippen LogP) is 3.95.